The van der Waals surface area contributed by atoms with Gasteiger partial charge in [-0.1, -0.05) is 41.5 Å². The maximum absolute atomic E-state index is 12.1. The van der Waals surface area contributed by atoms with Gasteiger partial charge in [0.1, 0.15) is 0 Å². The van der Waals surface area contributed by atoms with Crippen molar-refractivity contribution >= 4 is 11.8 Å². The van der Waals surface area contributed by atoms with Crippen molar-refractivity contribution in [1.82, 2.24) is 15.1 Å². The normalized spacial score (nSPS) is 17.1. The molecule has 0 aromatic rings. The molecule has 0 spiro atoms. The van der Waals surface area contributed by atoms with Gasteiger partial charge in [-0.3, -0.25) is 14.5 Å². The molecule has 1 aliphatic heterocycles. The lowest BCUT2D eigenvalue weighted by molar-refractivity contribution is -0.142. The molecule has 1 heterocycles. The highest BCUT2D eigenvalue weighted by molar-refractivity contribution is 5.82. The Labute approximate surface area is 168 Å². The molecule has 0 atom stereocenters. The standard InChI is InChI=1S/C13H26N2O.C9H19NO/c1-12(2,3)11(16)14-7-9-15(10-8-14)13(4,5)6;1-8(2,3)7(11)10-9(4,5)6/h7-10H2,1-6H3;1-6H3,(H,10,11). The van der Waals surface area contributed by atoms with Crippen LogP contribution in [0.1, 0.15) is 83.1 Å². The van der Waals surface area contributed by atoms with Gasteiger partial charge in [-0.05, 0) is 41.5 Å². The first kappa shape index (κ1) is 25.9. The molecule has 0 aromatic carbocycles. The van der Waals surface area contributed by atoms with Crippen molar-refractivity contribution in [3.8, 4) is 0 Å². The van der Waals surface area contributed by atoms with E-state index in [-0.39, 0.29) is 33.7 Å². The Kier molecular flexibility index (Phi) is 8.57. The Morgan fingerprint density at radius 3 is 1.30 bits per heavy atom. The average molecular weight is 384 g/mol. The summed E-state index contributed by atoms with van der Waals surface area (Å²) in [7, 11) is 0. The topological polar surface area (TPSA) is 52.7 Å². The highest BCUT2D eigenvalue weighted by Crippen LogP contribution is 2.21. The lowest BCUT2D eigenvalue weighted by atomic mass is 9.94. The quantitative estimate of drug-likeness (QED) is 0.690. The molecule has 27 heavy (non-hydrogen) atoms. The molecule has 160 valence electrons. The van der Waals surface area contributed by atoms with Crippen LogP contribution < -0.4 is 5.32 Å². The highest BCUT2D eigenvalue weighted by Gasteiger charge is 2.32. The fraction of sp³-hybridized carbons (Fsp3) is 0.909. The van der Waals surface area contributed by atoms with Crippen molar-refractivity contribution in [2.75, 3.05) is 26.2 Å². The van der Waals surface area contributed by atoms with Crippen LogP contribution in [0.2, 0.25) is 0 Å². The summed E-state index contributed by atoms with van der Waals surface area (Å²) in [6.07, 6.45) is 0. The van der Waals surface area contributed by atoms with Crippen molar-refractivity contribution in [1.29, 1.82) is 0 Å². The fourth-order valence-electron chi connectivity index (χ4n) is 2.58. The van der Waals surface area contributed by atoms with Crippen molar-refractivity contribution in [3.05, 3.63) is 0 Å². The molecular formula is C22H45N3O2. The number of hydrogen-bond acceptors (Lipinski definition) is 3. The molecule has 0 unspecified atom stereocenters. The second kappa shape index (κ2) is 8.93. The number of carbonyl (C=O) groups is 2. The summed E-state index contributed by atoms with van der Waals surface area (Å²) in [5.41, 5.74) is -0.432. The van der Waals surface area contributed by atoms with Crippen molar-refractivity contribution in [3.63, 3.8) is 0 Å². The smallest absolute Gasteiger partial charge is 0.228 e. The maximum Gasteiger partial charge on any atom is 0.228 e. The van der Waals surface area contributed by atoms with Crippen LogP contribution in [-0.2, 0) is 9.59 Å². The lowest BCUT2D eigenvalue weighted by Crippen LogP contribution is -2.56. The van der Waals surface area contributed by atoms with Gasteiger partial charge in [0.2, 0.25) is 11.8 Å². The summed E-state index contributed by atoms with van der Waals surface area (Å²) < 4.78 is 0. The Morgan fingerprint density at radius 2 is 1.07 bits per heavy atom. The van der Waals surface area contributed by atoms with E-state index in [1.807, 2.05) is 67.2 Å². The van der Waals surface area contributed by atoms with Crippen LogP contribution in [0.5, 0.6) is 0 Å². The van der Waals surface area contributed by atoms with Gasteiger partial charge in [-0.15, -0.1) is 0 Å². The van der Waals surface area contributed by atoms with E-state index in [1.165, 1.54) is 0 Å². The molecule has 0 radical (unpaired) electrons. The monoisotopic (exact) mass is 383 g/mol. The molecule has 5 nitrogen and oxygen atoms in total. The summed E-state index contributed by atoms with van der Waals surface area (Å²) in [6.45, 7) is 28.1. The highest BCUT2D eigenvalue weighted by atomic mass is 16.2. The average Bonchev–Trinajstić information content (AvgIpc) is 2.42. The minimum atomic E-state index is -0.284. The van der Waals surface area contributed by atoms with Crippen LogP contribution in [0.15, 0.2) is 0 Å². The zero-order valence-electron chi connectivity index (χ0n) is 20.0. The number of hydrogen-bond donors (Lipinski definition) is 1. The van der Waals surface area contributed by atoms with Crippen LogP contribution in [0.3, 0.4) is 0 Å². The molecular weight excluding hydrogens is 338 g/mol. The van der Waals surface area contributed by atoms with Crippen LogP contribution in [0.4, 0.5) is 0 Å². The first-order chi connectivity index (χ1) is 11.7. The number of amides is 2. The zero-order valence-corrected chi connectivity index (χ0v) is 20.0. The molecule has 1 fully saturated rings. The zero-order chi connectivity index (χ0) is 21.8. The number of nitrogens with zero attached hydrogens (tertiary/aromatic N) is 2. The Hall–Kier alpha value is -1.10. The van der Waals surface area contributed by atoms with E-state index in [0.29, 0.717) is 0 Å². The summed E-state index contributed by atoms with van der Waals surface area (Å²) >= 11 is 0. The summed E-state index contributed by atoms with van der Waals surface area (Å²) in [6, 6.07) is 0. The molecule has 1 saturated heterocycles. The van der Waals surface area contributed by atoms with Crippen molar-refractivity contribution in [2.45, 2.75) is 94.2 Å². The van der Waals surface area contributed by atoms with E-state index in [4.69, 9.17) is 0 Å². The minimum Gasteiger partial charge on any atom is -0.351 e. The van der Waals surface area contributed by atoms with Gasteiger partial charge in [0.05, 0.1) is 0 Å². The van der Waals surface area contributed by atoms with E-state index in [9.17, 15) is 9.59 Å². The van der Waals surface area contributed by atoms with E-state index in [1.54, 1.807) is 0 Å². The Bertz CT molecular complexity index is 492. The van der Waals surface area contributed by atoms with Crippen LogP contribution in [0, 0.1) is 10.8 Å². The van der Waals surface area contributed by atoms with Crippen LogP contribution in [-0.4, -0.2) is 58.9 Å². The third-order valence-electron chi connectivity index (χ3n) is 4.33. The largest absolute Gasteiger partial charge is 0.351 e. The van der Waals surface area contributed by atoms with E-state index < -0.39 is 0 Å². The second-order valence-corrected chi connectivity index (χ2v) is 11.7. The van der Waals surface area contributed by atoms with Gasteiger partial charge >= 0.3 is 0 Å². The number of nitrogens with one attached hydrogen (secondary N) is 1. The summed E-state index contributed by atoms with van der Waals surface area (Å²) in [5.74, 6) is 0.381. The predicted octanol–water partition coefficient (Wildman–Crippen LogP) is 3.92. The second-order valence-electron chi connectivity index (χ2n) is 11.7. The Morgan fingerprint density at radius 1 is 0.667 bits per heavy atom. The van der Waals surface area contributed by atoms with Crippen molar-refractivity contribution < 1.29 is 9.59 Å². The van der Waals surface area contributed by atoms with Gasteiger partial charge in [0.25, 0.3) is 0 Å². The molecule has 0 bridgehead atoms. The fourth-order valence-corrected chi connectivity index (χ4v) is 2.58. The van der Waals surface area contributed by atoms with Crippen LogP contribution >= 0.6 is 0 Å². The molecule has 0 aromatic heterocycles. The third-order valence-corrected chi connectivity index (χ3v) is 4.33. The molecule has 5 heteroatoms. The first-order valence-corrected chi connectivity index (χ1v) is 10.1. The summed E-state index contributed by atoms with van der Waals surface area (Å²) in [5, 5.41) is 2.92. The first-order valence-electron chi connectivity index (χ1n) is 10.1. The molecule has 0 aliphatic carbocycles. The van der Waals surface area contributed by atoms with Gasteiger partial charge in [0, 0.05) is 48.1 Å². The molecule has 1 N–H and O–H groups in total. The van der Waals surface area contributed by atoms with E-state index >= 15 is 0 Å². The maximum atomic E-state index is 12.1. The van der Waals surface area contributed by atoms with E-state index in [2.05, 4.69) is 31.0 Å². The molecule has 1 rings (SSSR count). The number of rotatable bonds is 0. The molecule has 0 saturated carbocycles. The van der Waals surface area contributed by atoms with Gasteiger partial charge < -0.3 is 10.2 Å². The predicted molar refractivity (Wildman–Crippen MR) is 115 cm³/mol. The SMILES string of the molecule is CC(C)(C)C(=O)N1CCN(C(C)(C)C)CC1.CC(C)(C)NC(=O)C(C)(C)C. The Balaban J connectivity index is 0.000000541. The third kappa shape index (κ3) is 10.1. The molecule has 1 aliphatic rings. The van der Waals surface area contributed by atoms with Crippen LogP contribution in [0.25, 0.3) is 0 Å². The number of piperazine rings is 1. The van der Waals surface area contributed by atoms with Gasteiger partial charge in [0.15, 0.2) is 0 Å². The molecule has 2 amide bonds. The summed E-state index contributed by atoms with van der Waals surface area (Å²) in [4.78, 5) is 27.9. The number of carbonyl (C=O) groups excluding carboxylic acids is 2. The van der Waals surface area contributed by atoms with Gasteiger partial charge in [-0.2, -0.15) is 0 Å². The van der Waals surface area contributed by atoms with E-state index in [0.717, 1.165) is 26.2 Å². The lowest BCUT2D eigenvalue weighted by Gasteiger charge is -2.43. The van der Waals surface area contributed by atoms with Gasteiger partial charge in [-0.25, -0.2) is 0 Å². The minimum absolute atomic E-state index is 0.102. The van der Waals surface area contributed by atoms with Crippen molar-refractivity contribution in [2.24, 2.45) is 10.8 Å².